The molecule has 0 aromatic carbocycles. The van der Waals surface area contributed by atoms with Crippen LogP contribution in [0.1, 0.15) is 38.5 Å². The highest BCUT2D eigenvalue weighted by Crippen LogP contribution is 2.37. The molecule has 0 N–H and O–H groups in total. The van der Waals surface area contributed by atoms with Crippen LogP contribution >= 0.6 is 0 Å². The number of carbonyl (C=O) groups excluding carboxylic acids is 1. The van der Waals surface area contributed by atoms with E-state index in [0.29, 0.717) is 6.61 Å². The van der Waals surface area contributed by atoms with Crippen LogP contribution in [0, 0.1) is 0 Å². The van der Waals surface area contributed by atoms with Gasteiger partial charge in [0.1, 0.15) is 11.9 Å². The van der Waals surface area contributed by atoms with Gasteiger partial charge in [0.2, 0.25) is 5.91 Å². The maximum atomic E-state index is 12.5. The summed E-state index contributed by atoms with van der Waals surface area (Å²) in [6, 6.07) is 3.80. The van der Waals surface area contributed by atoms with Crippen LogP contribution < -0.4 is 4.74 Å². The molecule has 24 heavy (non-hydrogen) atoms. The number of ether oxygens (including phenoxy) is 2. The molecule has 0 bridgehead atoms. The third-order valence-corrected chi connectivity index (χ3v) is 5.39. The summed E-state index contributed by atoms with van der Waals surface area (Å²) in [6.07, 6.45) is 11.5. The van der Waals surface area contributed by atoms with Crippen LogP contribution in [0.5, 0.6) is 5.75 Å². The second-order valence-electron chi connectivity index (χ2n) is 7.04. The van der Waals surface area contributed by atoms with Crippen LogP contribution in [0.25, 0.3) is 0 Å². The van der Waals surface area contributed by atoms with Gasteiger partial charge >= 0.3 is 0 Å². The zero-order valence-electron chi connectivity index (χ0n) is 13.9. The number of hydrogen-bond donors (Lipinski definition) is 0. The number of pyridine rings is 1. The Morgan fingerprint density at radius 1 is 1.38 bits per heavy atom. The molecule has 4 rings (SSSR count). The Morgan fingerprint density at radius 2 is 2.25 bits per heavy atom. The lowest BCUT2D eigenvalue weighted by Gasteiger charge is -2.38. The lowest BCUT2D eigenvalue weighted by Crippen LogP contribution is -2.47. The molecule has 1 atom stereocenters. The third kappa shape index (κ3) is 3.18. The average Bonchev–Trinajstić information content (AvgIpc) is 3.27. The van der Waals surface area contributed by atoms with Crippen LogP contribution in [0.4, 0.5) is 0 Å². The smallest absolute Gasteiger partial charge is 0.249 e. The first-order chi connectivity index (χ1) is 11.7. The first kappa shape index (κ1) is 15.6. The SMILES string of the molecule is O=C(C1=CCCC1)N1CCC2(CC1)C[C@@H](Oc1cccnc1)CO2. The Labute approximate surface area is 142 Å². The summed E-state index contributed by atoms with van der Waals surface area (Å²) in [4.78, 5) is 18.6. The molecule has 1 amide bonds. The number of hydrogen-bond acceptors (Lipinski definition) is 4. The lowest BCUT2D eigenvalue weighted by atomic mass is 9.87. The zero-order chi connectivity index (χ0) is 16.4. The largest absolute Gasteiger partial charge is 0.486 e. The van der Waals surface area contributed by atoms with E-state index >= 15 is 0 Å². The van der Waals surface area contributed by atoms with E-state index in [1.807, 2.05) is 17.0 Å². The van der Waals surface area contributed by atoms with Gasteiger partial charge < -0.3 is 14.4 Å². The molecule has 3 aliphatic rings. The number of piperidine rings is 1. The van der Waals surface area contributed by atoms with Crippen LogP contribution in [-0.2, 0) is 9.53 Å². The summed E-state index contributed by atoms with van der Waals surface area (Å²) in [5, 5.41) is 0. The van der Waals surface area contributed by atoms with Gasteiger partial charge in [0.15, 0.2) is 0 Å². The van der Waals surface area contributed by atoms with Gasteiger partial charge in [0, 0.05) is 31.3 Å². The van der Waals surface area contributed by atoms with E-state index in [1.165, 1.54) is 0 Å². The Hall–Kier alpha value is -1.88. The van der Waals surface area contributed by atoms with E-state index in [1.54, 1.807) is 12.4 Å². The number of rotatable bonds is 3. The fraction of sp³-hybridized carbons (Fsp3) is 0.579. The Kier molecular flexibility index (Phi) is 4.27. The van der Waals surface area contributed by atoms with E-state index in [-0.39, 0.29) is 17.6 Å². The number of aromatic nitrogens is 1. The number of likely N-dealkylation sites (tertiary alicyclic amines) is 1. The number of carbonyl (C=O) groups is 1. The summed E-state index contributed by atoms with van der Waals surface area (Å²) >= 11 is 0. The molecule has 2 saturated heterocycles. The summed E-state index contributed by atoms with van der Waals surface area (Å²) < 4.78 is 12.1. The minimum Gasteiger partial charge on any atom is -0.486 e. The van der Waals surface area contributed by atoms with Gasteiger partial charge in [-0.2, -0.15) is 0 Å². The van der Waals surface area contributed by atoms with Crippen molar-refractivity contribution in [2.45, 2.75) is 50.2 Å². The Bertz CT molecular complexity index is 621. The molecule has 5 nitrogen and oxygen atoms in total. The van der Waals surface area contributed by atoms with Crippen molar-refractivity contribution in [3.05, 3.63) is 36.2 Å². The number of amides is 1. The summed E-state index contributed by atoms with van der Waals surface area (Å²) in [5.41, 5.74) is 0.893. The fourth-order valence-corrected chi connectivity index (χ4v) is 4.02. The highest BCUT2D eigenvalue weighted by atomic mass is 16.6. The maximum absolute atomic E-state index is 12.5. The highest BCUT2D eigenvalue weighted by Gasteiger charge is 2.44. The van der Waals surface area contributed by atoms with Gasteiger partial charge in [-0.3, -0.25) is 9.78 Å². The number of nitrogens with zero attached hydrogens (tertiary/aromatic N) is 2. The predicted molar refractivity (Wildman–Crippen MR) is 89.7 cm³/mol. The zero-order valence-corrected chi connectivity index (χ0v) is 13.9. The van der Waals surface area contributed by atoms with Gasteiger partial charge in [0.05, 0.1) is 18.4 Å². The lowest BCUT2D eigenvalue weighted by molar-refractivity contribution is -0.132. The van der Waals surface area contributed by atoms with Gasteiger partial charge in [-0.15, -0.1) is 0 Å². The van der Waals surface area contributed by atoms with Crippen molar-refractivity contribution in [3.63, 3.8) is 0 Å². The normalized spacial score (nSPS) is 25.8. The van der Waals surface area contributed by atoms with Crippen LogP contribution in [-0.4, -0.2) is 47.2 Å². The van der Waals surface area contributed by atoms with Gasteiger partial charge in [0.25, 0.3) is 0 Å². The van der Waals surface area contributed by atoms with Crippen molar-refractivity contribution < 1.29 is 14.3 Å². The van der Waals surface area contributed by atoms with E-state index in [2.05, 4.69) is 11.1 Å². The monoisotopic (exact) mass is 328 g/mol. The molecule has 1 aromatic heterocycles. The van der Waals surface area contributed by atoms with Gasteiger partial charge in [-0.1, -0.05) is 6.08 Å². The molecule has 0 radical (unpaired) electrons. The van der Waals surface area contributed by atoms with Crippen molar-refractivity contribution in [1.82, 2.24) is 9.88 Å². The molecule has 5 heteroatoms. The fourth-order valence-electron chi connectivity index (χ4n) is 4.02. The van der Waals surface area contributed by atoms with Crippen LogP contribution in [0.3, 0.4) is 0 Å². The molecule has 1 aromatic rings. The molecule has 0 unspecified atom stereocenters. The van der Waals surface area contributed by atoms with Crippen molar-refractivity contribution in [1.29, 1.82) is 0 Å². The molecule has 2 aliphatic heterocycles. The van der Waals surface area contributed by atoms with Crippen LogP contribution in [0.2, 0.25) is 0 Å². The topological polar surface area (TPSA) is 51.7 Å². The molecule has 2 fully saturated rings. The van der Waals surface area contributed by atoms with Crippen molar-refractivity contribution in [3.8, 4) is 5.75 Å². The van der Waals surface area contributed by atoms with E-state index in [0.717, 1.165) is 62.9 Å². The van der Waals surface area contributed by atoms with Crippen molar-refractivity contribution in [2.24, 2.45) is 0 Å². The van der Waals surface area contributed by atoms with Crippen molar-refractivity contribution in [2.75, 3.05) is 19.7 Å². The molecule has 0 saturated carbocycles. The average molecular weight is 328 g/mol. The summed E-state index contributed by atoms with van der Waals surface area (Å²) in [6.45, 7) is 2.19. The quantitative estimate of drug-likeness (QED) is 0.856. The summed E-state index contributed by atoms with van der Waals surface area (Å²) in [5.74, 6) is 1.03. The van der Waals surface area contributed by atoms with Gasteiger partial charge in [-0.25, -0.2) is 0 Å². The Morgan fingerprint density at radius 3 is 2.96 bits per heavy atom. The second-order valence-corrected chi connectivity index (χ2v) is 7.04. The van der Waals surface area contributed by atoms with E-state index in [4.69, 9.17) is 9.47 Å². The second kappa shape index (κ2) is 6.55. The predicted octanol–water partition coefficient (Wildman–Crippen LogP) is 2.72. The van der Waals surface area contributed by atoms with Crippen molar-refractivity contribution >= 4 is 5.91 Å². The standard InChI is InChI=1S/C19H24N2O3/c22-18(15-4-1-2-5-15)21-10-7-19(8-11-21)12-17(14-23-19)24-16-6-3-9-20-13-16/h3-4,6,9,13,17H,1-2,5,7-8,10-12,14H2/t17-/m1/s1. The van der Waals surface area contributed by atoms with E-state index in [9.17, 15) is 4.79 Å². The first-order valence-corrected chi connectivity index (χ1v) is 8.93. The van der Waals surface area contributed by atoms with Gasteiger partial charge in [-0.05, 0) is 44.2 Å². The minimum absolute atomic E-state index is 0.0778. The molecule has 1 aliphatic carbocycles. The molecular formula is C19H24N2O3. The highest BCUT2D eigenvalue weighted by molar-refractivity contribution is 5.93. The summed E-state index contributed by atoms with van der Waals surface area (Å²) in [7, 11) is 0. The number of allylic oxidation sites excluding steroid dienone is 1. The molecule has 128 valence electrons. The maximum Gasteiger partial charge on any atom is 0.249 e. The molecule has 1 spiro atoms. The van der Waals surface area contributed by atoms with E-state index < -0.39 is 0 Å². The Balaban J connectivity index is 1.31. The molecular weight excluding hydrogens is 304 g/mol. The first-order valence-electron chi connectivity index (χ1n) is 8.93. The minimum atomic E-state index is -0.117. The molecule has 3 heterocycles. The third-order valence-electron chi connectivity index (χ3n) is 5.39. The van der Waals surface area contributed by atoms with Crippen LogP contribution in [0.15, 0.2) is 36.2 Å².